The zero-order chi connectivity index (χ0) is 8.72. The lowest BCUT2D eigenvalue weighted by Gasteiger charge is -2.10. The van der Waals surface area contributed by atoms with Crippen LogP contribution < -0.4 is 10.6 Å². The van der Waals surface area contributed by atoms with Crippen LogP contribution >= 0.6 is 0 Å². The third kappa shape index (κ3) is 1.27. The van der Waals surface area contributed by atoms with Crippen LogP contribution in [-0.4, -0.2) is 25.0 Å². The highest BCUT2D eigenvalue weighted by Gasteiger charge is 2.43. The van der Waals surface area contributed by atoms with Crippen molar-refractivity contribution in [2.45, 2.75) is 25.8 Å². The Labute approximate surface area is 72.9 Å². The lowest BCUT2D eigenvalue weighted by atomic mass is 10.0. The molecule has 0 aromatic rings. The van der Waals surface area contributed by atoms with Crippen LogP contribution in [0.15, 0.2) is 0 Å². The molecular formula is C9H17N2O+. The normalized spacial score (nSPS) is 46.2. The highest BCUT2D eigenvalue weighted by Crippen LogP contribution is 2.31. The van der Waals surface area contributed by atoms with Crippen molar-refractivity contribution in [3.63, 3.8) is 0 Å². The number of quaternary nitrogens is 1. The Hall–Kier alpha value is -0.410. The Morgan fingerprint density at radius 1 is 1.33 bits per heavy atom. The number of fused-ring (bicyclic) bond motifs is 1. The number of carbonyl (C=O) groups is 1. The van der Waals surface area contributed by atoms with Gasteiger partial charge < -0.3 is 5.73 Å². The molecule has 3 N–H and O–H groups in total. The summed E-state index contributed by atoms with van der Waals surface area (Å²) in [6.07, 6.45) is 2.28. The lowest BCUT2D eigenvalue weighted by Crippen LogP contribution is -3.12. The second kappa shape index (κ2) is 2.82. The monoisotopic (exact) mass is 169 g/mol. The molecule has 0 spiro atoms. The van der Waals surface area contributed by atoms with Crippen molar-refractivity contribution in [2.75, 3.05) is 13.1 Å². The van der Waals surface area contributed by atoms with Gasteiger partial charge in [0, 0.05) is 17.9 Å². The number of nitrogens with two attached hydrogens (primary N) is 1. The zero-order valence-electron chi connectivity index (χ0n) is 7.55. The molecule has 2 atom stereocenters. The Balaban J connectivity index is 1.98. The van der Waals surface area contributed by atoms with E-state index in [9.17, 15) is 4.79 Å². The summed E-state index contributed by atoms with van der Waals surface area (Å²) in [5, 5.41) is 0. The molecule has 2 fully saturated rings. The fourth-order valence-electron chi connectivity index (χ4n) is 2.76. The smallest absolute Gasteiger partial charge is 0.308 e. The first kappa shape index (κ1) is 8.20. The van der Waals surface area contributed by atoms with Gasteiger partial charge in [0.05, 0.1) is 20.0 Å². The molecule has 1 aliphatic heterocycles. The average molecular weight is 169 g/mol. The minimum absolute atomic E-state index is 0.304. The molecule has 0 aromatic heterocycles. The third-order valence-corrected chi connectivity index (χ3v) is 3.39. The lowest BCUT2D eigenvalue weighted by molar-refractivity contribution is -0.809. The molecule has 1 heterocycles. The van der Waals surface area contributed by atoms with Gasteiger partial charge in [-0.3, -0.25) is 4.90 Å². The third-order valence-electron chi connectivity index (χ3n) is 3.39. The van der Waals surface area contributed by atoms with E-state index >= 15 is 0 Å². The maximum absolute atomic E-state index is 11.1. The number of hydrogen-bond acceptors (Lipinski definition) is 2. The quantitative estimate of drug-likeness (QED) is 0.478. The first-order chi connectivity index (χ1) is 5.66. The summed E-state index contributed by atoms with van der Waals surface area (Å²) < 4.78 is 0. The molecule has 68 valence electrons. The van der Waals surface area contributed by atoms with Gasteiger partial charge >= 0.3 is 5.91 Å². The second-order valence-electron chi connectivity index (χ2n) is 4.32. The van der Waals surface area contributed by atoms with E-state index in [1.165, 1.54) is 0 Å². The van der Waals surface area contributed by atoms with Crippen molar-refractivity contribution >= 4 is 5.91 Å². The minimum atomic E-state index is 0.304. The van der Waals surface area contributed by atoms with E-state index in [1.54, 1.807) is 6.92 Å². The van der Waals surface area contributed by atoms with Gasteiger partial charge in [-0.05, 0) is 12.8 Å². The van der Waals surface area contributed by atoms with Gasteiger partial charge in [-0.2, -0.15) is 0 Å². The van der Waals surface area contributed by atoms with Crippen molar-refractivity contribution in [1.82, 2.24) is 0 Å². The Kier molecular flexibility index (Phi) is 1.93. The summed E-state index contributed by atoms with van der Waals surface area (Å²) in [7, 11) is 0. The number of likely N-dealkylation sites (tertiary alicyclic amines) is 1. The van der Waals surface area contributed by atoms with E-state index < -0.39 is 0 Å². The molecule has 2 aliphatic rings. The summed E-state index contributed by atoms with van der Waals surface area (Å²) in [6, 6.07) is 0.411. The minimum Gasteiger partial charge on any atom is -0.328 e. The molecule has 0 aromatic carbocycles. The van der Waals surface area contributed by atoms with Gasteiger partial charge in [-0.15, -0.1) is 0 Å². The highest BCUT2D eigenvalue weighted by atomic mass is 16.2. The molecule has 3 heteroatoms. The Bertz CT molecular complexity index is 191. The first-order valence-corrected chi connectivity index (χ1v) is 4.78. The SMILES string of the molecule is CC(=O)[NH+]1CC2CC(N)CC2C1. The zero-order valence-corrected chi connectivity index (χ0v) is 7.55. The predicted octanol–water partition coefficient (Wildman–Crippen LogP) is -1.22. The van der Waals surface area contributed by atoms with Crippen LogP contribution in [0.1, 0.15) is 19.8 Å². The van der Waals surface area contributed by atoms with E-state index in [4.69, 9.17) is 5.73 Å². The number of nitrogens with one attached hydrogen (secondary N) is 1. The van der Waals surface area contributed by atoms with E-state index in [1.807, 2.05) is 0 Å². The second-order valence-corrected chi connectivity index (χ2v) is 4.32. The Morgan fingerprint density at radius 3 is 2.25 bits per heavy atom. The number of hydrogen-bond donors (Lipinski definition) is 2. The maximum Gasteiger partial charge on any atom is 0.308 e. The summed E-state index contributed by atoms with van der Waals surface area (Å²) in [6.45, 7) is 3.76. The first-order valence-electron chi connectivity index (χ1n) is 4.78. The number of amides is 1. The van der Waals surface area contributed by atoms with Crippen molar-refractivity contribution in [3.8, 4) is 0 Å². The van der Waals surface area contributed by atoms with E-state index in [-0.39, 0.29) is 0 Å². The molecule has 1 aliphatic carbocycles. The molecule has 12 heavy (non-hydrogen) atoms. The van der Waals surface area contributed by atoms with Gasteiger partial charge in [0.2, 0.25) is 0 Å². The van der Waals surface area contributed by atoms with Crippen LogP contribution in [0.3, 0.4) is 0 Å². The Morgan fingerprint density at radius 2 is 1.83 bits per heavy atom. The van der Waals surface area contributed by atoms with Crippen LogP contribution in [0.5, 0.6) is 0 Å². The van der Waals surface area contributed by atoms with Gasteiger partial charge in [0.15, 0.2) is 0 Å². The van der Waals surface area contributed by atoms with Crippen LogP contribution in [0.2, 0.25) is 0 Å². The summed E-state index contributed by atoms with van der Waals surface area (Å²) in [5.41, 5.74) is 5.85. The van der Waals surface area contributed by atoms with Crippen molar-refractivity contribution < 1.29 is 9.69 Å². The average Bonchev–Trinajstić information content (AvgIpc) is 2.42. The van der Waals surface area contributed by atoms with Crippen LogP contribution in [0, 0.1) is 11.8 Å². The van der Waals surface area contributed by atoms with Crippen LogP contribution in [0.25, 0.3) is 0 Å². The van der Waals surface area contributed by atoms with E-state index in [2.05, 4.69) is 0 Å². The van der Waals surface area contributed by atoms with Crippen LogP contribution in [0.4, 0.5) is 0 Å². The summed E-state index contributed by atoms with van der Waals surface area (Å²) >= 11 is 0. The molecule has 2 unspecified atom stereocenters. The van der Waals surface area contributed by atoms with Crippen molar-refractivity contribution in [3.05, 3.63) is 0 Å². The van der Waals surface area contributed by atoms with E-state index in [0.29, 0.717) is 11.9 Å². The number of rotatable bonds is 0. The molecular weight excluding hydrogens is 152 g/mol. The summed E-state index contributed by atoms with van der Waals surface area (Å²) in [4.78, 5) is 12.3. The van der Waals surface area contributed by atoms with Crippen molar-refractivity contribution in [2.24, 2.45) is 17.6 Å². The highest BCUT2D eigenvalue weighted by molar-refractivity contribution is 5.63. The maximum atomic E-state index is 11.1. The van der Waals surface area contributed by atoms with Crippen LogP contribution in [-0.2, 0) is 4.79 Å². The molecule has 3 nitrogen and oxygen atoms in total. The molecule has 1 saturated heterocycles. The predicted molar refractivity (Wildman–Crippen MR) is 45.6 cm³/mol. The van der Waals surface area contributed by atoms with E-state index in [0.717, 1.165) is 42.7 Å². The van der Waals surface area contributed by atoms with Gasteiger partial charge in [0.1, 0.15) is 0 Å². The fraction of sp³-hybridized carbons (Fsp3) is 0.889. The van der Waals surface area contributed by atoms with Gasteiger partial charge in [-0.25, -0.2) is 4.79 Å². The van der Waals surface area contributed by atoms with Gasteiger partial charge in [-0.1, -0.05) is 0 Å². The number of carbonyl (C=O) groups excluding carboxylic acids is 1. The standard InChI is InChI=1S/C9H16N2O/c1-6(12)11-4-7-2-9(10)3-8(7)5-11/h7-9H,2-5,10H2,1H3/p+1. The fourth-order valence-corrected chi connectivity index (χ4v) is 2.76. The molecule has 2 rings (SSSR count). The summed E-state index contributed by atoms with van der Waals surface area (Å²) in [5.74, 6) is 1.77. The molecule has 0 bridgehead atoms. The topological polar surface area (TPSA) is 47.5 Å². The van der Waals surface area contributed by atoms with Crippen molar-refractivity contribution in [1.29, 1.82) is 0 Å². The molecule has 1 amide bonds. The largest absolute Gasteiger partial charge is 0.328 e. The molecule has 0 radical (unpaired) electrons. The molecule has 1 saturated carbocycles. The van der Waals surface area contributed by atoms with Gasteiger partial charge in [0.25, 0.3) is 0 Å².